The van der Waals surface area contributed by atoms with Crippen molar-refractivity contribution in [1.82, 2.24) is 0 Å². The Kier molecular flexibility index (Phi) is 3.26. The van der Waals surface area contributed by atoms with Gasteiger partial charge in [-0.15, -0.1) is 0 Å². The van der Waals surface area contributed by atoms with Gasteiger partial charge in [-0.25, -0.2) is 0 Å². The number of anilines is 1. The van der Waals surface area contributed by atoms with Gasteiger partial charge >= 0.3 is 0 Å². The van der Waals surface area contributed by atoms with Gasteiger partial charge in [-0.05, 0) is 26.0 Å². The smallest absolute Gasteiger partial charge is 0.147 e. The van der Waals surface area contributed by atoms with Crippen molar-refractivity contribution >= 4 is 12.0 Å². The van der Waals surface area contributed by atoms with Crippen LogP contribution >= 0.6 is 0 Å². The second-order valence-electron chi connectivity index (χ2n) is 2.92. The number of hydrogen-bond acceptors (Lipinski definition) is 2. The van der Waals surface area contributed by atoms with Crippen LogP contribution in [0, 0.1) is 0 Å². The van der Waals surface area contributed by atoms with Crippen molar-refractivity contribution in [3.8, 4) is 0 Å². The number of allylic oxidation sites excluding steroid dienone is 2. The second-order valence-corrected chi connectivity index (χ2v) is 2.92. The number of aldehydes is 1. The fourth-order valence-corrected chi connectivity index (χ4v) is 0.925. The minimum Gasteiger partial charge on any atom is -0.359 e. The zero-order valence-corrected chi connectivity index (χ0v) is 7.87. The summed E-state index contributed by atoms with van der Waals surface area (Å²) in [6, 6.07) is 9.78. The molecule has 0 saturated carbocycles. The zero-order valence-electron chi connectivity index (χ0n) is 7.87. The number of nitrogens with one attached hydrogen (secondary N) is 1. The van der Waals surface area contributed by atoms with Gasteiger partial charge in [-0.3, -0.25) is 4.79 Å². The Morgan fingerprint density at radius 2 is 1.85 bits per heavy atom. The third-order valence-electron chi connectivity index (χ3n) is 1.87. The molecule has 0 spiro atoms. The molecule has 0 aromatic heterocycles. The van der Waals surface area contributed by atoms with E-state index in [1.54, 1.807) is 6.92 Å². The summed E-state index contributed by atoms with van der Waals surface area (Å²) in [5.41, 5.74) is 2.62. The molecule has 0 saturated heterocycles. The summed E-state index contributed by atoms with van der Waals surface area (Å²) < 4.78 is 0. The number of carbonyl (C=O) groups is 1. The zero-order chi connectivity index (χ0) is 9.68. The topological polar surface area (TPSA) is 29.1 Å². The molecule has 0 bridgehead atoms. The molecule has 0 atom stereocenters. The van der Waals surface area contributed by atoms with Crippen molar-refractivity contribution < 1.29 is 4.79 Å². The lowest BCUT2D eigenvalue weighted by atomic mass is 10.2. The summed E-state index contributed by atoms with van der Waals surface area (Å²) in [4.78, 5) is 10.4. The summed E-state index contributed by atoms with van der Waals surface area (Å²) in [6.07, 6.45) is 0.852. The quantitative estimate of drug-likeness (QED) is 0.565. The first-order valence-corrected chi connectivity index (χ1v) is 4.19. The van der Waals surface area contributed by atoms with Gasteiger partial charge in [-0.1, -0.05) is 18.2 Å². The van der Waals surface area contributed by atoms with Gasteiger partial charge in [0.2, 0.25) is 0 Å². The van der Waals surface area contributed by atoms with Crippen LogP contribution in [0.2, 0.25) is 0 Å². The lowest BCUT2D eigenvalue weighted by molar-refractivity contribution is -0.104. The Bertz CT molecular complexity index is 314. The molecule has 0 aliphatic heterocycles. The number of hydrogen-bond donors (Lipinski definition) is 1. The largest absolute Gasteiger partial charge is 0.359 e. The standard InChI is InChI=1S/C11H13NO/c1-9(8-13)10(2)12-11-6-4-3-5-7-11/h3-8,12H,1-2H3/b10-9+. The van der Waals surface area contributed by atoms with E-state index in [1.807, 2.05) is 37.3 Å². The van der Waals surface area contributed by atoms with Crippen molar-refractivity contribution in [2.75, 3.05) is 5.32 Å². The maximum Gasteiger partial charge on any atom is 0.147 e. The van der Waals surface area contributed by atoms with Crippen LogP contribution in [-0.2, 0) is 4.79 Å². The van der Waals surface area contributed by atoms with Gasteiger partial charge in [0.15, 0.2) is 0 Å². The molecular formula is C11H13NO. The molecule has 1 aromatic rings. The highest BCUT2D eigenvalue weighted by molar-refractivity contribution is 5.74. The summed E-state index contributed by atoms with van der Waals surface area (Å²) >= 11 is 0. The molecule has 13 heavy (non-hydrogen) atoms. The van der Waals surface area contributed by atoms with Crippen LogP contribution in [0.5, 0.6) is 0 Å². The average Bonchev–Trinajstić information content (AvgIpc) is 2.18. The van der Waals surface area contributed by atoms with Gasteiger partial charge in [0, 0.05) is 17.0 Å². The molecule has 68 valence electrons. The fraction of sp³-hybridized carbons (Fsp3) is 0.182. The number of rotatable bonds is 3. The maximum absolute atomic E-state index is 10.4. The normalized spacial score (nSPS) is 11.8. The molecule has 0 fully saturated rings. The molecule has 0 unspecified atom stereocenters. The molecule has 1 aromatic carbocycles. The molecule has 2 nitrogen and oxygen atoms in total. The van der Waals surface area contributed by atoms with E-state index in [0.717, 1.165) is 23.2 Å². The summed E-state index contributed by atoms with van der Waals surface area (Å²) in [6.45, 7) is 3.68. The van der Waals surface area contributed by atoms with Crippen LogP contribution in [0.25, 0.3) is 0 Å². The Morgan fingerprint density at radius 1 is 1.23 bits per heavy atom. The third kappa shape index (κ3) is 2.75. The number of benzene rings is 1. The Morgan fingerprint density at radius 3 is 2.38 bits per heavy atom. The van der Waals surface area contributed by atoms with Crippen molar-refractivity contribution in [3.05, 3.63) is 41.6 Å². The van der Waals surface area contributed by atoms with Crippen LogP contribution in [0.3, 0.4) is 0 Å². The minimum absolute atomic E-state index is 0.726. The van der Waals surface area contributed by atoms with Crippen molar-refractivity contribution in [1.29, 1.82) is 0 Å². The molecule has 0 aliphatic rings. The second kappa shape index (κ2) is 4.45. The highest BCUT2D eigenvalue weighted by atomic mass is 16.1. The van der Waals surface area contributed by atoms with Crippen molar-refractivity contribution in [2.45, 2.75) is 13.8 Å². The van der Waals surface area contributed by atoms with E-state index in [0.29, 0.717) is 0 Å². The van der Waals surface area contributed by atoms with Crippen LogP contribution in [-0.4, -0.2) is 6.29 Å². The highest BCUT2D eigenvalue weighted by Crippen LogP contribution is 2.10. The fourth-order valence-electron chi connectivity index (χ4n) is 0.925. The molecule has 0 radical (unpaired) electrons. The monoisotopic (exact) mass is 175 g/mol. The first kappa shape index (κ1) is 9.52. The third-order valence-corrected chi connectivity index (χ3v) is 1.87. The molecule has 0 heterocycles. The first-order chi connectivity index (χ1) is 6.24. The molecule has 0 amide bonds. The maximum atomic E-state index is 10.4. The van der Waals surface area contributed by atoms with Crippen LogP contribution < -0.4 is 5.32 Å². The van der Waals surface area contributed by atoms with E-state index in [4.69, 9.17) is 0 Å². The highest BCUT2D eigenvalue weighted by Gasteiger charge is 1.95. The number of para-hydroxylation sites is 1. The van der Waals surface area contributed by atoms with Crippen LogP contribution in [0.1, 0.15) is 13.8 Å². The van der Waals surface area contributed by atoms with E-state index < -0.39 is 0 Å². The van der Waals surface area contributed by atoms with Crippen molar-refractivity contribution in [2.24, 2.45) is 0 Å². The summed E-state index contributed by atoms with van der Waals surface area (Å²) in [5.74, 6) is 0. The van der Waals surface area contributed by atoms with E-state index >= 15 is 0 Å². The first-order valence-electron chi connectivity index (χ1n) is 4.19. The lowest BCUT2D eigenvalue weighted by Gasteiger charge is -2.06. The van der Waals surface area contributed by atoms with E-state index in [-0.39, 0.29) is 0 Å². The van der Waals surface area contributed by atoms with Crippen molar-refractivity contribution in [3.63, 3.8) is 0 Å². The average molecular weight is 175 g/mol. The SMILES string of the molecule is C/C(C=O)=C(/C)Nc1ccccc1. The molecule has 0 aliphatic carbocycles. The minimum atomic E-state index is 0.726. The predicted molar refractivity (Wildman–Crippen MR) is 54.5 cm³/mol. The number of carbonyl (C=O) groups excluding carboxylic acids is 1. The van der Waals surface area contributed by atoms with Crippen LogP contribution in [0.15, 0.2) is 41.6 Å². The lowest BCUT2D eigenvalue weighted by Crippen LogP contribution is -1.98. The Balaban J connectivity index is 2.76. The predicted octanol–water partition coefficient (Wildman–Crippen LogP) is 2.59. The molecule has 2 heteroatoms. The van der Waals surface area contributed by atoms with Gasteiger partial charge in [0.1, 0.15) is 6.29 Å². The van der Waals surface area contributed by atoms with Gasteiger partial charge in [0.05, 0.1) is 0 Å². The Labute approximate surface area is 78.3 Å². The van der Waals surface area contributed by atoms with Gasteiger partial charge in [0.25, 0.3) is 0 Å². The summed E-state index contributed by atoms with van der Waals surface area (Å²) in [5, 5.41) is 3.14. The van der Waals surface area contributed by atoms with E-state index in [2.05, 4.69) is 5.32 Å². The Hall–Kier alpha value is -1.57. The van der Waals surface area contributed by atoms with E-state index in [9.17, 15) is 4.79 Å². The summed E-state index contributed by atoms with van der Waals surface area (Å²) in [7, 11) is 0. The van der Waals surface area contributed by atoms with Crippen LogP contribution in [0.4, 0.5) is 5.69 Å². The van der Waals surface area contributed by atoms with E-state index in [1.165, 1.54) is 0 Å². The molecule has 1 rings (SSSR count). The molecule has 1 N–H and O–H groups in total. The van der Waals surface area contributed by atoms with Gasteiger partial charge < -0.3 is 5.32 Å². The molecular weight excluding hydrogens is 162 g/mol. The van der Waals surface area contributed by atoms with Gasteiger partial charge in [-0.2, -0.15) is 0 Å².